The SMILES string of the molecule is NC(=O)CC(NC(=O)Cc1ccccc1)C(=O)O. The lowest BCUT2D eigenvalue weighted by Gasteiger charge is -2.12. The maximum Gasteiger partial charge on any atom is 0.326 e. The van der Waals surface area contributed by atoms with E-state index >= 15 is 0 Å². The van der Waals surface area contributed by atoms with Crippen molar-refractivity contribution in [3.63, 3.8) is 0 Å². The molecule has 0 radical (unpaired) electrons. The Morgan fingerprint density at radius 2 is 1.83 bits per heavy atom. The lowest BCUT2D eigenvalue weighted by atomic mass is 10.1. The number of carbonyl (C=O) groups is 3. The highest BCUT2D eigenvalue weighted by Gasteiger charge is 2.21. The van der Waals surface area contributed by atoms with Crippen LogP contribution in [0.15, 0.2) is 30.3 Å². The first kappa shape index (κ1) is 13.7. The normalized spacial score (nSPS) is 11.6. The standard InChI is InChI=1S/C12H14N2O4/c13-10(15)7-9(12(17)18)14-11(16)6-8-4-2-1-3-5-8/h1-5,9H,6-7H2,(H2,13,15)(H,14,16)(H,17,18). The van der Waals surface area contributed by atoms with Gasteiger partial charge in [-0.15, -0.1) is 0 Å². The van der Waals surface area contributed by atoms with Gasteiger partial charge in [0.15, 0.2) is 0 Å². The number of carbonyl (C=O) groups excluding carboxylic acids is 2. The minimum absolute atomic E-state index is 0.0589. The average Bonchev–Trinajstić information content (AvgIpc) is 2.28. The number of amides is 2. The van der Waals surface area contributed by atoms with Crippen molar-refractivity contribution in [3.05, 3.63) is 35.9 Å². The van der Waals surface area contributed by atoms with Gasteiger partial charge < -0.3 is 16.2 Å². The Morgan fingerprint density at radius 3 is 2.33 bits per heavy atom. The van der Waals surface area contributed by atoms with Gasteiger partial charge in [-0.3, -0.25) is 9.59 Å². The minimum atomic E-state index is -1.28. The third kappa shape index (κ3) is 4.65. The first-order valence-electron chi connectivity index (χ1n) is 5.33. The fourth-order valence-electron chi connectivity index (χ4n) is 1.43. The summed E-state index contributed by atoms with van der Waals surface area (Å²) in [6.45, 7) is 0. The fraction of sp³-hybridized carbons (Fsp3) is 0.250. The molecule has 96 valence electrons. The highest BCUT2D eigenvalue weighted by atomic mass is 16.4. The van der Waals surface area contributed by atoms with Crippen LogP contribution in [-0.4, -0.2) is 28.9 Å². The van der Waals surface area contributed by atoms with Crippen LogP contribution in [0.5, 0.6) is 0 Å². The summed E-state index contributed by atoms with van der Waals surface area (Å²) in [5.41, 5.74) is 5.67. The molecule has 0 spiro atoms. The molecule has 0 aliphatic carbocycles. The smallest absolute Gasteiger partial charge is 0.326 e. The summed E-state index contributed by atoms with van der Waals surface area (Å²) in [6.07, 6.45) is -0.362. The number of aliphatic carboxylic acids is 1. The van der Waals surface area contributed by atoms with E-state index in [-0.39, 0.29) is 6.42 Å². The molecule has 0 heterocycles. The first-order chi connectivity index (χ1) is 8.49. The summed E-state index contributed by atoms with van der Waals surface area (Å²) in [6, 6.07) is 7.60. The van der Waals surface area contributed by atoms with E-state index in [0.29, 0.717) is 0 Å². The summed E-state index contributed by atoms with van der Waals surface area (Å²) >= 11 is 0. The number of rotatable bonds is 6. The van der Waals surface area contributed by atoms with Crippen LogP contribution in [-0.2, 0) is 20.8 Å². The van der Waals surface area contributed by atoms with Crippen LogP contribution in [0.25, 0.3) is 0 Å². The summed E-state index contributed by atoms with van der Waals surface area (Å²) in [5, 5.41) is 11.1. The Balaban J connectivity index is 2.56. The van der Waals surface area contributed by atoms with E-state index in [4.69, 9.17) is 10.8 Å². The second-order valence-corrected chi connectivity index (χ2v) is 3.79. The van der Waals surface area contributed by atoms with Gasteiger partial charge in [0.2, 0.25) is 11.8 Å². The van der Waals surface area contributed by atoms with Gasteiger partial charge in [-0.2, -0.15) is 0 Å². The topological polar surface area (TPSA) is 109 Å². The van der Waals surface area contributed by atoms with E-state index < -0.39 is 30.2 Å². The highest BCUT2D eigenvalue weighted by molar-refractivity contribution is 5.88. The van der Waals surface area contributed by atoms with E-state index in [2.05, 4.69) is 5.32 Å². The number of carboxylic acid groups (broad SMARTS) is 1. The van der Waals surface area contributed by atoms with Crippen LogP contribution < -0.4 is 11.1 Å². The second kappa shape index (κ2) is 6.39. The molecule has 1 unspecified atom stereocenters. The molecule has 18 heavy (non-hydrogen) atoms. The molecule has 0 aliphatic heterocycles. The second-order valence-electron chi connectivity index (χ2n) is 3.79. The molecular formula is C12H14N2O4. The zero-order chi connectivity index (χ0) is 13.5. The van der Waals surface area contributed by atoms with Crippen LogP contribution in [0, 0.1) is 0 Å². The van der Waals surface area contributed by atoms with Crippen molar-refractivity contribution in [2.24, 2.45) is 5.73 Å². The molecule has 1 atom stereocenters. The van der Waals surface area contributed by atoms with Crippen LogP contribution in [0.4, 0.5) is 0 Å². The van der Waals surface area contributed by atoms with Crippen molar-refractivity contribution in [1.82, 2.24) is 5.32 Å². The fourth-order valence-corrected chi connectivity index (χ4v) is 1.43. The van der Waals surface area contributed by atoms with E-state index in [9.17, 15) is 14.4 Å². The van der Waals surface area contributed by atoms with Gasteiger partial charge in [0.25, 0.3) is 0 Å². The molecule has 0 saturated heterocycles. The van der Waals surface area contributed by atoms with Crippen molar-refractivity contribution < 1.29 is 19.5 Å². The predicted octanol–water partition coefficient (Wildman–Crippen LogP) is -0.326. The molecule has 2 amide bonds. The lowest BCUT2D eigenvalue weighted by molar-refractivity contribution is -0.143. The summed E-state index contributed by atoms with van der Waals surface area (Å²) in [5.74, 6) is -2.52. The number of hydrogen-bond acceptors (Lipinski definition) is 3. The third-order valence-electron chi connectivity index (χ3n) is 2.25. The molecule has 0 saturated carbocycles. The Labute approximate surface area is 104 Å². The van der Waals surface area contributed by atoms with Crippen LogP contribution in [0.1, 0.15) is 12.0 Å². The highest BCUT2D eigenvalue weighted by Crippen LogP contribution is 2.00. The quantitative estimate of drug-likeness (QED) is 0.642. The van der Waals surface area contributed by atoms with Crippen molar-refractivity contribution in [2.45, 2.75) is 18.9 Å². The molecule has 0 aromatic heterocycles. The minimum Gasteiger partial charge on any atom is -0.480 e. The largest absolute Gasteiger partial charge is 0.480 e. The van der Waals surface area contributed by atoms with E-state index in [0.717, 1.165) is 5.56 Å². The molecule has 0 fully saturated rings. The number of primary amides is 1. The monoisotopic (exact) mass is 250 g/mol. The zero-order valence-corrected chi connectivity index (χ0v) is 9.63. The van der Waals surface area contributed by atoms with Gasteiger partial charge in [-0.25, -0.2) is 4.79 Å². The molecular weight excluding hydrogens is 236 g/mol. The number of hydrogen-bond donors (Lipinski definition) is 3. The lowest BCUT2D eigenvalue weighted by Crippen LogP contribution is -2.43. The van der Waals surface area contributed by atoms with E-state index in [1.165, 1.54) is 0 Å². The molecule has 1 aromatic carbocycles. The van der Waals surface area contributed by atoms with Gasteiger partial charge in [0, 0.05) is 0 Å². The van der Waals surface area contributed by atoms with E-state index in [1.807, 2.05) is 6.07 Å². The van der Waals surface area contributed by atoms with Crippen molar-refractivity contribution in [3.8, 4) is 0 Å². The van der Waals surface area contributed by atoms with Gasteiger partial charge in [0.1, 0.15) is 6.04 Å². The first-order valence-corrected chi connectivity index (χ1v) is 5.33. The summed E-state index contributed by atoms with van der Waals surface area (Å²) in [4.78, 5) is 33.0. The van der Waals surface area contributed by atoms with Gasteiger partial charge in [-0.05, 0) is 5.56 Å². The van der Waals surface area contributed by atoms with Gasteiger partial charge >= 0.3 is 5.97 Å². The van der Waals surface area contributed by atoms with Crippen molar-refractivity contribution in [1.29, 1.82) is 0 Å². The zero-order valence-electron chi connectivity index (χ0n) is 9.63. The van der Waals surface area contributed by atoms with Crippen LogP contribution in [0.2, 0.25) is 0 Å². The maximum absolute atomic E-state index is 11.6. The Hall–Kier alpha value is -2.37. The van der Waals surface area contributed by atoms with E-state index in [1.54, 1.807) is 24.3 Å². The Morgan fingerprint density at radius 1 is 1.22 bits per heavy atom. The molecule has 4 N–H and O–H groups in total. The van der Waals surface area contributed by atoms with Crippen LogP contribution in [0.3, 0.4) is 0 Å². The van der Waals surface area contributed by atoms with Crippen LogP contribution >= 0.6 is 0 Å². The average molecular weight is 250 g/mol. The van der Waals surface area contributed by atoms with Crippen molar-refractivity contribution in [2.75, 3.05) is 0 Å². The summed E-state index contributed by atoms with van der Waals surface area (Å²) in [7, 11) is 0. The Bertz CT molecular complexity index is 445. The number of carboxylic acids is 1. The Kier molecular flexibility index (Phi) is 4.86. The predicted molar refractivity (Wildman–Crippen MR) is 63.5 cm³/mol. The van der Waals surface area contributed by atoms with Gasteiger partial charge in [-0.1, -0.05) is 30.3 Å². The van der Waals surface area contributed by atoms with Gasteiger partial charge in [0.05, 0.1) is 12.8 Å². The molecule has 1 rings (SSSR count). The molecule has 0 bridgehead atoms. The number of nitrogens with one attached hydrogen (secondary N) is 1. The molecule has 0 aliphatic rings. The number of nitrogens with two attached hydrogens (primary N) is 1. The maximum atomic E-state index is 11.6. The molecule has 6 nitrogen and oxygen atoms in total. The molecule has 6 heteroatoms. The third-order valence-corrected chi connectivity index (χ3v) is 2.25. The van der Waals surface area contributed by atoms with Crippen molar-refractivity contribution >= 4 is 17.8 Å². The summed E-state index contributed by atoms with van der Waals surface area (Å²) < 4.78 is 0. The molecule has 1 aromatic rings. The number of benzene rings is 1.